The van der Waals surface area contributed by atoms with E-state index in [0.717, 1.165) is 32.5 Å². The van der Waals surface area contributed by atoms with Crippen molar-refractivity contribution in [3.8, 4) is 0 Å². The second kappa shape index (κ2) is 7.57. The van der Waals surface area contributed by atoms with Crippen molar-refractivity contribution >= 4 is 5.91 Å². The minimum Gasteiger partial charge on any atom is -0.356 e. The van der Waals surface area contributed by atoms with Crippen molar-refractivity contribution in [2.45, 2.75) is 32.7 Å². The van der Waals surface area contributed by atoms with Gasteiger partial charge in [-0.2, -0.15) is 0 Å². The minimum atomic E-state index is 0.0667. The van der Waals surface area contributed by atoms with Crippen molar-refractivity contribution in [3.63, 3.8) is 0 Å². The lowest BCUT2D eigenvalue weighted by atomic mass is 9.93. The van der Waals surface area contributed by atoms with Gasteiger partial charge in [0.2, 0.25) is 5.91 Å². The van der Waals surface area contributed by atoms with Crippen LogP contribution >= 0.6 is 0 Å². The van der Waals surface area contributed by atoms with Gasteiger partial charge < -0.3 is 11.1 Å². The van der Waals surface area contributed by atoms with Gasteiger partial charge in [-0.1, -0.05) is 29.8 Å². The lowest BCUT2D eigenvalue weighted by Crippen LogP contribution is -2.42. The summed E-state index contributed by atoms with van der Waals surface area (Å²) >= 11 is 0. The van der Waals surface area contributed by atoms with Crippen LogP contribution < -0.4 is 11.1 Å². The normalized spacial score (nSPS) is 18.4. The summed E-state index contributed by atoms with van der Waals surface area (Å²) in [5.74, 6) is 0.665. The van der Waals surface area contributed by atoms with Gasteiger partial charge in [0, 0.05) is 26.1 Å². The highest BCUT2D eigenvalue weighted by Gasteiger charge is 2.25. The van der Waals surface area contributed by atoms with Crippen LogP contribution in [0.4, 0.5) is 0 Å². The Labute approximate surface area is 127 Å². The van der Waals surface area contributed by atoms with Gasteiger partial charge in [-0.25, -0.2) is 0 Å². The molecule has 1 heterocycles. The molecule has 0 saturated carbocycles. The Morgan fingerprint density at radius 1 is 1.43 bits per heavy atom. The monoisotopic (exact) mass is 289 g/mol. The number of amides is 1. The molecule has 1 unspecified atom stereocenters. The number of carbonyl (C=O) groups excluding carboxylic acids is 1. The first-order chi connectivity index (χ1) is 10.1. The number of rotatable bonds is 5. The second-order valence-corrected chi connectivity index (χ2v) is 6.08. The molecule has 3 N–H and O–H groups in total. The first-order valence-electron chi connectivity index (χ1n) is 7.85. The molecule has 0 radical (unpaired) electrons. The Bertz CT molecular complexity index is 467. The summed E-state index contributed by atoms with van der Waals surface area (Å²) in [4.78, 5) is 13.5. The zero-order valence-electron chi connectivity index (χ0n) is 13.1. The molecule has 1 saturated heterocycles. The average molecular weight is 289 g/mol. The number of benzene rings is 1. The third kappa shape index (κ3) is 4.55. The standard InChI is InChI=1S/C17H27N3O/c1-13-4-3-5-16(10-13)17(11-18)20-8-6-15(7-9-20)12-19-14(2)21/h3-5,10,15,17H,6-9,11-12,18H2,1-2H3,(H,19,21). The van der Waals surface area contributed by atoms with Crippen LogP contribution in [0.3, 0.4) is 0 Å². The molecule has 0 aromatic heterocycles. The molecule has 0 aliphatic carbocycles. The van der Waals surface area contributed by atoms with E-state index in [1.54, 1.807) is 6.92 Å². The Balaban J connectivity index is 1.92. The molecular formula is C17H27N3O. The van der Waals surface area contributed by atoms with Gasteiger partial charge in [0.1, 0.15) is 0 Å². The Morgan fingerprint density at radius 2 is 2.14 bits per heavy atom. The first kappa shape index (κ1) is 16.0. The number of nitrogens with one attached hydrogen (secondary N) is 1. The molecule has 116 valence electrons. The highest BCUT2D eigenvalue weighted by molar-refractivity contribution is 5.72. The summed E-state index contributed by atoms with van der Waals surface area (Å²) in [6.07, 6.45) is 2.26. The van der Waals surface area contributed by atoms with Crippen LogP contribution in [0.1, 0.15) is 36.9 Å². The fraction of sp³-hybridized carbons (Fsp3) is 0.588. The van der Waals surface area contributed by atoms with Crippen molar-refractivity contribution in [3.05, 3.63) is 35.4 Å². The molecule has 4 heteroatoms. The molecule has 2 rings (SSSR count). The van der Waals surface area contributed by atoms with Crippen molar-refractivity contribution in [2.24, 2.45) is 11.7 Å². The third-order valence-electron chi connectivity index (χ3n) is 4.38. The smallest absolute Gasteiger partial charge is 0.216 e. The van der Waals surface area contributed by atoms with E-state index in [1.807, 2.05) is 0 Å². The topological polar surface area (TPSA) is 58.4 Å². The summed E-state index contributed by atoms with van der Waals surface area (Å²) in [5, 5.41) is 2.93. The van der Waals surface area contributed by atoms with Gasteiger partial charge in [0.15, 0.2) is 0 Å². The van der Waals surface area contributed by atoms with Crippen molar-refractivity contribution < 1.29 is 4.79 Å². The summed E-state index contributed by atoms with van der Waals surface area (Å²) in [6.45, 7) is 7.27. The molecule has 1 aromatic rings. The van der Waals surface area contributed by atoms with Crippen LogP contribution in [-0.2, 0) is 4.79 Å². The quantitative estimate of drug-likeness (QED) is 0.869. The zero-order valence-corrected chi connectivity index (χ0v) is 13.1. The highest BCUT2D eigenvalue weighted by atomic mass is 16.1. The average Bonchev–Trinajstić information content (AvgIpc) is 2.47. The van der Waals surface area contributed by atoms with Crippen molar-refractivity contribution in [1.82, 2.24) is 10.2 Å². The molecule has 1 atom stereocenters. The minimum absolute atomic E-state index is 0.0667. The lowest BCUT2D eigenvalue weighted by molar-refractivity contribution is -0.119. The molecule has 1 fully saturated rings. The molecule has 1 amide bonds. The summed E-state index contributed by atoms with van der Waals surface area (Å²) in [5.41, 5.74) is 8.62. The van der Waals surface area contributed by atoms with Gasteiger partial charge in [-0.3, -0.25) is 9.69 Å². The maximum absolute atomic E-state index is 11.0. The molecule has 0 spiro atoms. The summed E-state index contributed by atoms with van der Waals surface area (Å²) < 4.78 is 0. The Kier molecular flexibility index (Phi) is 5.76. The van der Waals surface area contributed by atoms with E-state index < -0.39 is 0 Å². The maximum atomic E-state index is 11.0. The maximum Gasteiger partial charge on any atom is 0.216 e. The number of nitrogens with two attached hydrogens (primary N) is 1. The molecule has 1 aliphatic rings. The van der Waals surface area contributed by atoms with E-state index >= 15 is 0 Å². The molecule has 0 bridgehead atoms. The molecule has 4 nitrogen and oxygen atoms in total. The first-order valence-corrected chi connectivity index (χ1v) is 7.85. The number of likely N-dealkylation sites (tertiary alicyclic amines) is 1. The second-order valence-electron chi connectivity index (χ2n) is 6.08. The SMILES string of the molecule is CC(=O)NCC1CCN(C(CN)c2cccc(C)c2)CC1. The van der Waals surface area contributed by atoms with E-state index in [-0.39, 0.29) is 5.91 Å². The lowest BCUT2D eigenvalue weighted by Gasteiger charge is -2.37. The van der Waals surface area contributed by atoms with Crippen LogP contribution in [-0.4, -0.2) is 37.0 Å². The molecule has 1 aliphatic heterocycles. The number of aryl methyl sites for hydroxylation is 1. The number of hydrogen-bond donors (Lipinski definition) is 2. The van der Waals surface area contributed by atoms with Crippen molar-refractivity contribution in [1.29, 1.82) is 0 Å². The predicted octanol–water partition coefficient (Wildman–Crippen LogP) is 1.84. The Morgan fingerprint density at radius 3 is 2.71 bits per heavy atom. The predicted molar refractivity (Wildman–Crippen MR) is 86.0 cm³/mol. The van der Waals surface area contributed by atoms with Gasteiger partial charge >= 0.3 is 0 Å². The number of nitrogens with zero attached hydrogens (tertiary/aromatic N) is 1. The van der Waals surface area contributed by atoms with E-state index in [9.17, 15) is 4.79 Å². The zero-order chi connectivity index (χ0) is 15.2. The largest absolute Gasteiger partial charge is 0.356 e. The van der Waals surface area contributed by atoms with Gasteiger partial charge in [0.05, 0.1) is 0 Å². The van der Waals surface area contributed by atoms with E-state index in [1.165, 1.54) is 11.1 Å². The van der Waals surface area contributed by atoms with Gasteiger partial charge in [-0.05, 0) is 44.3 Å². The van der Waals surface area contributed by atoms with Crippen LogP contribution in [0.25, 0.3) is 0 Å². The van der Waals surface area contributed by atoms with E-state index in [4.69, 9.17) is 5.73 Å². The molecular weight excluding hydrogens is 262 g/mol. The van der Waals surface area contributed by atoms with Crippen LogP contribution in [0, 0.1) is 12.8 Å². The third-order valence-corrected chi connectivity index (χ3v) is 4.38. The number of piperidine rings is 1. The number of hydrogen-bond acceptors (Lipinski definition) is 3. The number of carbonyl (C=O) groups is 1. The Hall–Kier alpha value is -1.39. The summed E-state index contributed by atoms with van der Waals surface area (Å²) in [7, 11) is 0. The van der Waals surface area contributed by atoms with E-state index in [0.29, 0.717) is 18.5 Å². The highest BCUT2D eigenvalue weighted by Crippen LogP contribution is 2.26. The van der Waals surface area contributed by atoms with Crippen LogP contribution in [0.2, 0.25) is 0 Å². The molecule has 1 aromatic carbocycles. The fourth-order valence-corrected chi connectivity index (χ4v) is 3.13. The van der Waals surface area contributed by atoms with Gasteiger partial charge in [0.25, 0.3) is 0 Å². The fourth-order valence-electron chi connectivity index (χ4n) is 3.13. The molecule has 21 heavy (non-hydrogen) atoms. The van der Waals surface area contributed by atoms with Gasteiger partial charge in [-0.15, -0.1) is 0 Å². The van der Waals surface area contributed by atoms with Crippen LogP contribution in [0.5, 0.6) is 0 Å². The van der Waals surface area contributed by atoms with E-state index in [2.05, 4.69) is 41.4 Å². The summed E-state index contributed by atoms with van der Waals surface area (Å²) in [6, 6.07) is 8.95. The van der Waals surface area contributed by atoms with Crippen LogP contribution in [0.15, 0.2) is 24.3 Å². The van der Waals surface area contributed by atoms with Crippen molar-refractivity contribution in [2.75, 3.05) is 26.2 Å².